The molecule has 142 valence electrons. The standard InChI is InChI=1S/C19H22N4O3S/c1-23(10-16(24)20-8-9-25-2)18-17-15(11-27-19(17)22-12-21-18)13-4-6-14(26-3)7-5-13/h4-7,11-12H,8-10H2,1-3H3,(H,20,24). The van der Waals surface area contributed by atoms with Gasteiger partial charge in [-0.15, -0.1) is 11.3 Å². The maximum Gasteiger partial charge on any atom is 0.239 e. The van der Waals surface area contributed by atoms with Crippen LogP contribution in [0.3, 0.4) is 0 Å². The van der Waals surface area contributed by atoms with Gasteiger partial charge in [-0.2, -0.15) is 0 Å². The summed E-state index contributed by atoms with van der Waals surface area (Å²) < 4.78 is 10.2. The number of nitrogens with zero attached hydrogens (tertiary/aromatic N) is 3. The number of benzene rings is 1. The highest BCUT2D eigenvalue weighted by molar-refractivity contribution is 7.17. The molecule has 0 aliphatic carbocycles. The quantitative estimate of drug-likeness (QED) is 0.600. The second kappa shape index (κ2) is 8.79. The molecule has 1 amide bonds. The monoisotopic (exact) mass is 386 g/mol. The first kappa shape index (κ1) is 19.1. The van der Waals surface area contributed by atoms with E-state index in [9.17, 15) is 4.79 Å². The lowest BCUT2D eigenvalue weighted by atomic mass is 10.1. The number of likely N-dealkylation sites (N-methyl/N-ethyl adjacent to an activating group) is 1. The average molecular weight is 386 g/mol. The van der Waals surface area contributed by atoms with Gasteiger partial charge in [-0.3, -0.25) is 4.79 Å². The van der Waals surface area contributed by atoms with E-state index < -0.39 is 0 Å². The molecular weight excluding hydrogens is 364 g/mol. The lowest BCUT2D eigenvalue weighted by Gasteiger charge is -2.19. The Morgan fingerprint density at radius 1 is 1.22 bits per heavy atom. The average Bonchev–Trinajstić information content (AvgIpc) is 3.12. The zero-order valence-corrected chi connectivity index (χ0v) is 16.4. The van der Waals surface area contributed by atoms with Crippen molar-refractivity contribution >= 4 is 33.3 Å². The topological polar surface area (TPSA) is 76.6 Å². The van der Waals surface area contributed by atoms with Gasteiger partial charge in [0, 0.05) is 31.6 Å². The molecule has 0 fully saturated rings. The molecule has 3 rings (SSSR count). The van der Waals surface area contributed by atoms with Crippen molar-refractivity contribution in [1.82, 2.24) is 15.3 Å². The normalized spacial score (nSPS) is 10.8. The number of ether oxygens (including phenoxy) is 2. The Bertz CT molecular complexity index is 911. The lowest BCUT2D eigenvalue weighted by Crippen LogP contribution is -2.37. The van der Waals surface area contributed by atoms with E-state index in [0.717, 1.165) is 32.9 Å². The zero-order valence-electron chi connectivity index (χ0n) is 15.6. The predicted molar refractivity (Wildman–Crippen MR) is 108 cm³/mol. The van der Waals surface area contributed by atoms with Crippen LogP contribution in [0.1, 0.15) is 0 Å². The van der Waals surface area contributed by atoms with E-state index >= 15 is 0 Å². The zero-order chi connectivity index (χ0) is 19.2. The van der Waals surface area contributed by atoms with Crippen molar-refractivity contribution in [3.05, 3.63) is 36.0 Å². The number of nitrogens with one attached hydrogen (secondary N) is 1. The number of thiophene rings is 1. The summed E-state index contributed by atoms with van der Waals surface area (Å²) >= 11 is 1.56. The summed E-state index contributed by atoms with van der Waals surface area (Å²) in [5.74, 6) is 1.45. The van der Waals surface area contributed by atoms with Crippen molar-refractivity contribution in [3.8, 4) is 16.9 Å². The minimum Gasteiger partial charge on any atom is -0.497 e. The van der Waals surface area contributed by atoms with Gasteiger partial charge in [-0.05, 0) is 17.7 Å². The number of aromatic nitrogens is 2. The molecular formula is C19H22N4O3S. The van der Waals surface area contributed by atoms with Crippen LogP contribution in [0.2, 0.25) is 0 Å². The summed E-state index contributed by atoms with van der Waals surface area (Å²) in [6, 6.07) is 7.87. The predicted octanol–water partition coefficient (Wildman–Crippen LogP) is 2.57. The first-order valence-electron chi connectivity index (χ1n) is 8.47. The van der Waals surface area contributed by atoms with E-state index in [1.165, 1.54) is 6.33 Å². The third kappa shape index (κ3) is 4.35. The Labute approximate surface area is 162 Å². The fraction of sp³-hybridized carbons (Fsp3) is 0.316. The molecule has 0 radical (unpaired) electrons. The fourth-order valence-corrected chi connectivity index (χ4v) is 3.68. The van der Waals surface area contributed by atoms with E-state index in [0.29, 0.717) is 13.2 Å². The molecule has 0 aliphatic heterocycles. The van der Waals surface area contributed by atoms with Crippen LogP contribution < -0.4 is 15.0 Å². The van der Waals surface area contributed by atoms with Crippen molar-refractivity contribution in [2.75, 3.05) is 45.9 Å². The molecule has 1 N–H and O–H groups in total. The first-order valence-corrected chi connectivity index (χ1v) is 9.35. The number of hydrogen-bond donors (Lipinski definition) is 1. The Morgan fingerprint density at radius 2 is 2.00 bits per heavy atom. The Balaban J connectivity index is 1.89. The third-order valence-corrected chi connectivity index (χ3v) is 5.01. The fourth-order valence-electron chi connectivity index (χ4n) is 2.77. The summed E-state index contributed by atoms with van der Waals surface area (Å²) in [6.07, 6.45) is 1.53. The second-order valence-electron chi connectivity index (χ2n) is 5.95. The molecule has 0 saturated heterocycles. The van der Waals surface area contributed by atoms with E-state index in [-0.39, 0.29) is 12.5 Å². The number of anilines is 1. The molecule has 2 aromatic heterocycles. The molecule has 0 unspecified atom stereocenters. The number of rotatable bonds is 8. The summed E-state index contributed by atoms with van der Waals surface area (Å²) in [7, 11) is 5.11. The number of carbonyl (C=O) groups excluding carboxylic acids is 1. The van der Waals surface area contributed by atoms with Crippen LogP contribution in [0.15, 0.2) is 36.0 Å². The van der Waals surface area contributed by atoms with Crippen LogP contribution in [0, 0.1) is 0 Å². The largest absolute Gasteiger partial charge is 0.497 e. The lowest BCUT2D eigenvalue weighted by molar-refractivity contribution is -0.119. The molecule has 2 heterocycles. The molecule has 7 nitrogen and oxygen atoms in total. The summed E-state index contributed by atoms with van der Waals surface area (Å²) in [6.45, 7) is 1.17. The van der Waals surface area contributed by atoms with Gasteiger partial charge in [0.1, 0.15) is 22.7 Å². The van der Waals surface area contributed by atoms with Crippen LogP contribution in [-0.4, -0.2) is 56.8 Å². The van der Waals surface area contributed by atoms with Gasteiger partial charge in [0.15, 0.2) is 0 Å². The molecule has 0 bridgehead atoms. The van der Waals surface area contributed by atoms with Gasteiger partial charge in [-0.25, -0.2) is 9.97 Å². The first-order chi connectivity index (χ1) is 13.1. The Kier molecular flexibility index (Phi) is 6.20. The van der Waals surface area contributed by atoms with Gasteiger partial charge >= 0.3 is 0 Å². The number of hydrogen-bond acceptors (Lipinski definition) is 7. The molecule has 0 aliphatic rings. The van der Waals surface area contributed by atoms with Crippen LogP contribution in [0.4, 0.5) is 5.82 Å². The highest BCUT2D eigenvalue weighted by Gasteiger charge is 2.17. The second-order valence-corrected chi connectivity index (χ2v) is 6.81. The maximum absolute atomic E-state index is 12.1. The molecule has 1 aromatic carbocycles. The summed E-state index contributed by atoms with van der Waals surface area (Å²) in [5, 5.41) is 5.84. The van der Waals surface area contributed by atoms with Crippen LogP contribution in [-0.2, 0) is 9.53 Å². The molecule has 3 aromatic rings. The number of methoxy groups -OCH3 is 2. The molecule has 0 saturated carbocycles. The van der Waals surface area contributed by atoms with Gasteiger partial charge in [0.2, 0.25) is 5.91 Å². The minimum absolute atomic E-state index is 0.0810. The van der Waals surface area contributed by atoms with E-state index in [1.54, 1.807) is 25.6 Å². The van der Waals surface area contributed by atoms with Gasteiger partial charge in [0.05, 0.1) is 25.6 Å². The van der Waals surface area contributed by atoms with Gasteiger partial charge in [-0.1, -0.05) is 12.1 Å². The van der Waals surface area contributed by atoms with E-state index in [1.807, 2.05) is 36.2 Å². The van der Waals surface area contributed by atoms with E-state index in [4.69, 9.17) is 9.47 Å². The molecule has 0 atom stereocenters. The third-order valence-electron chi connectivity index (χ3n) is 4.12. The highest BCUT2D eigenvalue weighted by atomic mass is 32.1. The highest BCUT2D eigenvalue weighted by Crippen LogP contribution is 2.37. The summed E-state index contributed by atoms with van der Waals surface area (Å²) in [4.78, 5) is 23.7. The van der Waals surface area contributed by atoms with Crippen LogP contribution in [0.25, 0.3) is 21.3 Å². The Hall–Kier alpha value is -2.71. The maximum atomic E-state index is 12.1. The van der Waals surface area contributed by atoms with Crippen molar-refractivity contribution in [1.29, 1.82) is 0 Å². The molecule has 0 spiro atoms. The van der Waals surface area contributed by atoms with Crippen LogP contribution >= 0.6 is 11.3 Å². The minimum atomic E-state index is -0.0810. The van der Waals surface area contributed by atoms with E-state index in [2.05, 4.69) is 20.7 Å². The van der Waals surface area contributed by atoms with Gasteiger partial charge < -0.3 is 19.7 Å². The van der Waals surface area contributed by atoms with Crippen molar-refractivity contribution in [2.24, 2.45) is 0 Å². The van der Waals surface area contributed by atoms with Gasteiger partial charge in [0.25, 0.3) is 0 Å². The SMILES string of the molecule is COCCNC(=O)CN(C)c1ncnc2scc(-c3ccc(OC)cc3)c12. The number of amides is 1. The molecule has 8 heteroatoms. The summed E-state index contributed by atoms with van der Waals surface area (Å²) in [5.41, 5.74) is 2.09. The van der Waals surface area contributed by atoms with Crippen LogP contribution in [0.5, 0.6) is 5.75 Å². The molecule has 27 heavy (non-hydrogen) atoms. The van der Waals surface area contributed by atoms with Crippen molar-refractivity contribution in [2.45, 2.75) is 0 Å². The Morgan fingerprint density at radius 3 is 2.70 bits per heavy atom. The number of carbonyl (C=O) groups is 1. The van der Waals surface area contributed by atoms with Crippen molar-refractivity contribution < 1.29 is 14.3 Å². The van der Waals surface area contributed by atoms with Crippen molar-refractivity contribution in [3.63, 3.8) is 0 Å². The number of fused-ring (bicyclic) bond motifs is 1. The smallest absolute Gasteiger partial charge is 0.239 e.